The van der Waals surface area contributed by atoms with Gasteiger partial charge in [0.15, 0.2) is 16.3 Å². The van der Waals surface area contributed by atoms with Crippen molar-refractivity contribution in [1.82, 2.24) is 4.57 Å². The Hall–Kier alpha value is -4.86. The summed E-state index contributed by atoms with van der Waals surface area (Å²) in [6.45, 7) is 3.94. The lowest BCUT2D eigenvalue weighted by molar-refractivity contribution is -0.138. The molecular formula is C34H25ClN2O6S. The van der Waals surface area contributed by atoms with Crippen LogP contribution in [0.1, 0.15) is 35.4 Å². The number of carbonyl (C=O) groups excluding carboxylic acids is 1. The first kappa shape index (κ1) is 27.9. The fourth-order valence-electron chi connectivity index (χ4n) is 5.30. The zero-order valence-corrected chi connectivity index (χ0v) is 25.3. The summed E-state index contributed by atoms with van der Waals surface area (Å²) < 4.78 is 24.7. The van der Waals surface area contributed by atoms with Crippen LogP contribution in [0.25, 0.3) is 23.1 Å². The highest BCUT2D eigenvalue weighted by molar-refractivity contribution is 7.07. The average Bonchev–Trinajstić information content (AvgIpc) is 3.77. The van der Waals surface area contributed by atoms with E-state index in [1.807, 2.05) is 67.6 Å². The van der Waals surface area contributed by atoms with Crippen molar-refractivity contribution in [3.63, 3.8) is 0 Å². The molecule has 0 saturated carbocycles. The van der Waals surface area contributed by atoms with Gasteiger partial charge < -0.3 is 18.6 Å². The molecule has 4 heterocycles. The molecule has 0 radical (unpaired) electrons. The van der Waals surface area contributed by atoms with Gasteiger partial charge >= 0.3 is 5.97 Å². The van der Waals surface area contributed by atoms with Gasteiger partial charge in [0.05, 0.1) is 28.5 Å². The predicted molar refractivity (Wildman–Crippen MR) is 168 cm³/mol. The highest BCUT2D eigenvalue weighted by Gasteiger charge is 2.36. The largest absolute Gasteiger partial charge is 0.463 e. The maximum absolute atomic E-state index is 14.2. The van der Waals surface area contributed by atoms with Crippen LogP contribution in [-0.2, 0) is 9.53 Å². The van der Waals surface area contributed by atoms with Gasteiger partial charge in [-0.1, -0.05) is 71.5 Å². The molecule has 0 spiro atoms. The first-order chi connectivity index (χ1) is 21.4. The van der Waals surface area contributed by atoms with E-state index in [0.717, 1.165) is 16.7 Å². The first-order valence-electron chi connectivity index (χ1n) is 14.0. The molecule has 0 bridgehead atoms. The van der Waals surface area contributed by atoms with Crippen LogP contribution in [0.4, 0.5) is 0 Å². The summed E-state index contributed by atoms with van der Waals surface area (Å²) in [7, 11) is 0. The number of hydrogen-bond donors (Lipinski definition) is 0. The minimum absolute atomic E-state index is 0.0946. The normalized spacial score (nSPS) is 15.7. The van der Waals surface area contributed by atoms with Gasteiger partial charge in [-0.3, -0.25) is 9.36 Å². The molecule has 1 atom stereocenters. The summed E-state index contributed by atoms with van der Waals surface area (Å²) in [5.74, 6) is 1.69. The smallest absolute Gasteiger partial charge is 0.338 e. The molecule has 220 valence electrons. The highest BCUT2D eigenvalue weighted by Crippen LogP contribution is 2.40. The summed E-state index contributed by atoms with van der Waals surface area (Å²) in [6.07, 6.45) is 1.69. The lowest BCUT2D eigenvalue weighted by Crippen LogP contribution is -2.40. The van der Waals surface area contributed by atoms with Crippen LogP contribution in [0, 0.1) is 6.92 Å². The second-order valence-corrected chi connectivity index (χ2v) is 11.6. The summed E-state index contributed by atoms with van der Waals surface area (Å²) in [5.41, 5.74) is 3.56. The molecule has 0 saturated heterocycles. The van der Waals surface area contributed by atoms with E-state index in [2.05, 4.69) is 0 Å². The van der Waals surface area contributed by atoms with Gasteiger partial charge in [0.2, 0.25) is 6.79 Å². The standard InChI is InChI=1S/C34H25ClN2O6S/c1-3-40-33(39)29-30(20-7-5-4-6-8-20)36-34-37(31(29)22-11-13-26-27(16-22)42-18-41-26)32(38)28(44-34)17-23-12-14-25(43-23)21-10-9-19(2)24(35)15-21/h4-17,31H,3,18H2,1-2H3/b28-17-. The van der Waals surface area contributed by atoms with Crippen LogP contribution in [-0.4, -0.2) is 23.9 Å². The Bertz CT molecular complexity index is 2140. The fourth-order valence-corrected chi connectivity index (χ4v) is 6.46. The number of aromatic nitrogens is 1. The van der Waals surface area contributed by atoms with Crippen molar-refractivity contribution in [3.8, 4) is 22.8 Å². The second-order valence-electron chi connectivity index (χ2n) is 10.2. The molecule has 10 heteroatoms. The Morgan fingerprint density at radius 3 is 2.66 bits per heavy atom. The molecular weight excluding hydrogens is 600 g/mol. The van der Waals surface area contributed by atoms with Gasteiger partial charge in [-0.25, -0.2) is 9.79 Å². The van der Waals surface area contributed by atoms with E-state index >= 15 is 0 Å². The number of thiazole rings is 1. The minimum Gasteiger partial charge on any atom is -0.463 e. The van der Waals surface area contributed by atoms with Crippen molar-refractivity contribution >= 4 is 40.7 Å². The Balaban J connectivity index is 1.42. The van der Waals surface area contributed by atoms with Crippen LogP contribution < -0.4 is 24.4 Å². The van der Waals surface area contributed by atoms with Crippen molar-refractivity contribution in [2.45, 2.75) is 19.9 Å². The number of carbonyl (C=O) groups is 1. The number of furan rings is 1. The Kier molecular flexibility index (Phi) is 7.20. The molecule has 0 N–H and O–H groups in total. The van der Waals surface area contributed by atoms with Gasteiger partial charge in [-0.05, 0) is 55.3 Å². The third-order valence-corrected chi connectivity index (χ3v) is 8.83. The highest BCUT2D eigenvalue weighted by atomic mass is 35.5. The van der Waals surface area contributed by atoms with E-state index in [4.69, 9.17) is 35.2 Å². The fraction of sp³-hybridized carbons (Fsp3) is 0.147. The molecule has 2 aliphatic rings. The summed E-state index contributed by atoms with van der Waals surface area (Å²) in [5, 5.41) is 0.643. The zero-order valence-electron chi connectivity index (χ0n) is 23.7. The number of fused-ring (bicyclic) bond motifs is 2. The molecule has 2 aliphatic heterocycles. The Labute approximate surface area is 260 Å². The molecule has 0 aliphatic carbocycles. The number of ether oxygens (including phenoxy) is 3. The molecule has 1 unspecified atom stereocenters. The van der Waals surface area contributed by atoms with Gasteiger partial charge in [-0.2, -0.15) is 0 Å². The molecule has 5 aromatic rings. The third-order valence-electron chi connectivity index (χ3n) is 7.44. The quantitative estimate of drug-likeness (QED) is 0.219. The predicted octanol–water partition coefficient (Wildman–Crippen LogP) is 5.89. The maximum atomic E-state index is 14.2. The van der Waals surface area contributed by atoms with Crippen LogP contribution in [0.3, 0.4) is 0 Å². The van der Waals surface area contributed by atoms with Crippen LogP contribution in [0.15, 0.2) is 98.6 Å². The lowest BCUT2D eigenvalue weighted by atomic mass is 9.93. The van der Waals surface area contributed by atoms with Crippen LogP contribution in [0.5, 0.6) is 11.5 Å². The molecule has 0 fully saturated rings. The molecule has 7 rings (SSSR count). The zero-order chi connectivity index (χ0) is 30.4. The topological polar surface area (TPSA) is 92.3 Å². The minimum atomic E-state index is -0.834. The molecule has 44 heavy (non-hydrogen) atoms. The maximum Gasteiger partial charge on any atom is 0.338 e. The number of rotatable bonds is 6. The van der Waals surface area contributed by atoms with Crippen molar-refractivity contribution < 1.29 is 23.4 Å². The van der Waals surface area contributed by atoms with Gasteiger partial charge in [0, 0.05) is 22.2 Å². The number of benzene rings is 3. The SMILES string of the molecule is CCOC(=O)C1=C(c2ccccc2)N=c2s/c(=C\c3ccc(-c4ccc(C)c(Cl)c4)o3)c(=O)n2C1c1ccc2c(c1)OCO2. The van der Waals surface area contributed by atoms with Gasteiger partial charge in [-0.15, -0.1) is 0 Å². The number of aryl methyl sites for hydroxylation is 1. The van der Waals surface area contributed by atoms with Crippen molar-refractivity contribution in [2.75, 3.05) is 13.4 Å². The van der Waals surface area contributed by atoms with E-state index < -0.39 is 12.0 Å². The third kappa shape index (κ3) is 4.94. The van der Waals surface area contributed by atoms with E-state index in [0.29, 0.717) is 48.6 Å². The molecule has 8 nitrogen and oxygen atoms in total. The number of halogens is 1. The van der Waals surface area contributed by atoms with E-state index in [1.165, 1.54) is 15.9 Å². The van der Waals surface area contributed by atoms with E-state index in [1.54, 1.807) is 31.2 Å². The molecule has 3 aromatic carbocycles. The van der Waals surface area contributed by atoms with Crippen LogP contribution in [0.2, 0.25) is 5.02 Å². The van der Waals surface area contributed by atoms with Crippen molar-refractivity contribution in [3.05, 3.63) is 132 Å². The average molecular weight is 625 g/mol. The summed E-state index contributed by atoms with van der Waals surface area (Å²) in [4.78, 5) is 33.1. The molecule has 2 aromatic heterocycles. The molecule has 0 amide bonds. The van der Waals surface area contributed by atoms with Gasteiger partial charge in [0.25, 0.3) is 5.56 Å². The number of esters is 1. The van der Waals surface area contributed by atoms with E-state index in [9.17, 15) is 9.59 Å². The lowest BCUT2D eigenvalue weighted by Gasteiger charge is -2.26. The summed E-state index contributed by atoms with van der Waals surface area (Å²) >= 11 is 7.55. The monoisotopic (exact) mass is 624 g/mol. The number of nitrogens with zero attached hydrogens (tertiary/aromatic N) is 2. The van der Waals surface area contributed by atoms with Crippen LogP contribution >= 0.6 is 22.9 Å². The first-order valence-corrected chi connectivity index (χ1v) is 15.1. The van der Waals surface area contributed by atoms with Gasteiger partial charge in [0.1, 0.15) is 11.5 Å². The van der Waals surface area contributed by atoms with Crippen molar-refractivity contribution in [1.29, 1.82) is 0 Å². The second kappa shape index (κ2) is 11.3. The summed E-state index contributed by atoms with van der Waals surface area (Å²) in [6, 6.07) is 23.3. The Morgan fingerprint density at radius 1 is 1.05 bits per heavy atom. The number of hydrogen-bond acceptors (Lipinski definition) is 8. The van der Waals surface area contributed by atoms with Crippen molar-refractivity contribution in [2.24, 2.45) is 4.99 Å². The Morgan fingerprint density at radius 2 is 1.86 bits per heavy atom. The van der Waals surface area contributed by atoms with E-state index in [-0.39, 0.29) is 24.5 Å².